The van der Waals surface area contributed by atoms with E-state index in [0.717, 1.165) is 19.4 Å². The lowest BCUT2D eigenvalue weighted by atomic mass is 10.1. The number of nitro groups is 1. The van der Waals surface area contributed by atoms with Gasteiger partial charge >= 0.3 is 5.69 Å². The standard InChI is InChI=1S/C13H15F2N3O3/c1-17-4-2-3-8(17)7-16-13(19)9-5-11(15)12(18(20)21)6-10(9)14/h5-6,8H,2-4,7H2,1H3,(H,16,19). The molecular weight excluding hydrogens is 284 g/mol. The minimum Gasteiger partial charge on any atom is -0.350 e. The highest BCUT2D eigenvalue weighted by molar-refractivity contribution is 5.94. The zero-order chi connectivity index (χ0) is 15.6. The van der Waals surface area contributed by atoms with Crippen LogP contribution in [0, 0.1) is 21.7 Å². The van der Waals surface area contributed by atoms with Crippen molar-refractivity contribution in [1.29, 1.82) is 0 Å². The number of likely N-dealkylation sites (N-methyl/N-ethyl adjacent to an activating group) is 1. The molecule has 1 atom stereocenters. The van der Waals surface area contributed by atoms with E-state index in [1.54, 1.807) is 0 Å². The summed E-state index contributed by atoms with van der Waals surface area (Å²) in [5, 5.41) is 13.0. The van der Waals surface area contributed by atoms with Gasteiger partial charge in [-0.25, -0.2) is 4.39 Å². The number of nitro benzene ring substituents is 1. The monoisotopic (exact) mass is 299 g/mol. The average molecular weight is 299 g/mol. The van der Waals surface area contributed by atoms with Gasteiger partial charge < -0.3 is 10.2 Å². The smallest absolute Gasteiger partial charge is 0.307 e. The molecule has 1 amide bonds. The van der Waals surface area contributed by atoms with Gasteiger partial charge in [-0.15, -0.1) is 0 Å². The van der Waals surface area contributed by atoms with E-state index in [2.05, 4.69) is 10.2 Å². The molecule has 21 heavy (non-hydrogen) atoms. The number of nitrogens with zero attached hydrogens (tertiary/aromatic N) is 2. The second-order valence-electron chi connectivity index (χ2n) is 5.03. The number of hydrogen-bond donors (Lipinski definition) is 1. The van der Waals surface area contributed by atoms with E-state index >= 15 is 0 Å². The minimum atomic E-state index is -1.23. The van der Waals surface area contributed by atoms with E-state index in [0.29, 0.717) is 18.7 Å². The van der Waals surface area contributed by atoms with Crippen LogP contribution >= 0.6 is 0 Å². The van der Waals surface area contributed by atoms with Crippen molar-refractivity contribution in [2.45, 2.75) is 18.9 Å². The molecule has 1 heterocycles. The number of likely N-dealkylation sites (tertiary alicyclic amines) is 1. The van der Waals surface area contributed by atoms with Crippen molar-refractivity contribution in [1.82, 2.24) is 10.2 Å². The van der Waals surface area contributed by atoms with Crippen LogP contribution in [0.2, 0.25) is 0 Å². The summed E-state index contributed by atoms with van der Waals surface area (Å²) < 4.78 is 27.1. The predicted molar refractivity (Wildman–Crippen MR) is 71.0 cm³/mol. The lowest BCUT2D eigenvalue weighted by Crippen LogP contribution is -2.38. The number of hydrogen-bond acceptors (Lipinski definition) is 4. The zero-order valence-electron chi connectivity index (χ0n) is 11.4. The predicted octanol–water partition coefficient (Wildman–Crippen LogP) is 1.70. The Morgan fingerprint density at radius 3 is 2.76 bits per heavy atom. The highest BCUT2D eigenvalue weighted by atomic mass is 19.1. The molecule has 1 saturated heterocycles. The van der Waals surface area contributed by atoms with Gasteiger partial charge in [0.15, 0.2) is 0 Å². The molecule has 0 bridgehead atoms. The largest absolute Gasteiger partial charge is 0.350 e. The molecule has 1 aromatic rings. The molecule has 1 fully saturated rings. The molecule has 0 aromatic heterocycles. The first-order valence-corrected chi connectivity index (χ1v) is 6.52. The Labute approximate surface area is 119 Å². The molecule has 1 aliphatic heterocycles. The maximum absolute atomic E-state index is 13.7. The van der Waals surface area contributed by atoms with Gasteiger partial charge in [0.1, 0.15) is 5.82 Å². The SMILES string of the molecule is CN1CCCC1CNC(=O)c1cc(F)c([N+](=O)[O-])cc1F. The quantitative estimate of drug-likeness (QED) is 0.678. The van der Waals surface area contributed by atoms with Crippen LogP contribution in [0.5, 0.6) is 0 Å². The summed E-state index contributed by atoms with van der Waals surface area (Å²) >= 11 is 0. The van der Waals surface area contributed by atoms with Crippen LogP contribution in [0.15, 0.2) is 12.1 Å². The third-order valence-electron chi connectivity index (χ3n) is 3.65. The number of rotatable bonds is 4. The maximum atomic E-state index is 13.7. The van der Waals surface area contributed by atoms with E-state index in [4.69, 9.17) is 0 Å². The molecule has 8 heteroatoms. The first-order chi connectivity index (χ1) is 9.90. The summed E-state index contributed by atoms with van der Waals surface area (Å²) in [5.74, 6) is -3.12. The Kier molecular flexibility index (Phi) is 4.46. The Hall–Kier alpha value is -2.09. The van der Waals surface area contributed by atoms with Gasteiger partial charge in [-0.05, 0) is 32.5 Å². The fourth-order valence-electron chi connectivity index (χ4n) is 2.39. The molecule has 0 aliphatic carbocycles. The molecule has 1 aromatic carbocycles. The van der Waals surface area contributed by atoms with Gasteiger partial charge in [0.2, 0.25) is 5.82 Å². The third-order valence-corrected chi connectivity index (χ3v) is 3.65. The third kappa shape index (κ3) is 3.33. The maximum Gasteiger partial charge on any atom is 0.307 e. The fourth-order valence-corrected chi connectivity index (χ4v) is 2.39. The van der Waals surface area contributed by atoms with Crippen molar-refractivity contribution in [2.24, 2.45) is 0 Å². The molecule has 2 rings (SSSR count). The second kappa shape index (κ2) is 6.13. The van der Waals surface area contributed by atoms with Crippen LogP contribution in [-0.2, 0) is 0 Å². The van der Waals surface area contributed by atoms with Gasteiger partial charge in [-0.3, -0.25) is 14.9 Å². The number of benzene rings is 1. The van der Waals surface area contributed by atoms with Crippen LogP contribution in [0.25, 0.3) is 0 Å². The topological polar surface area (TPSA) is 75.5 Å². The summed E-state index contributed by atoms with van der Waals surface area (Å²) in [6.07, 6.45) is 1.95. The molecule has 0 saturated carbocycles. The summed E-state index contributed by atoms with van der Waals surface area (Å²) in [4.78, 5) is 23.4. The number of carbonyl (C=O) groups is 1. The molecule has 114 valence electrons. The van der Waals surface area contributed by atoms with Gasteiger partial charge in [0.05, 0.1) is 16.6 Å². The summed E-state index contributed by atoms with van der Waals surface area (Å²) in [5.41, 5.74) is -1.52. The Bertz CT molecular complexity index is 580. The summed E-state index contributed by atoms with van der Waals surface area (Å²) in [6, 6.07) is 1.15. The second-order valence-corrected chi connectivity index (χ2v) is 5.03. The van der Waals surface area contributed by atoms with Crippen molar-refractivity contribution in [3.05, 3.63) is 39.4 Å². The van der Waals surface area contributed by atoms with Crippen molar-refractivity contribution in [3.63, 3.8) is 0 Å². The first kappa shape index (κ1) is 15.3. The Morgan fingerprint density at radius 1 is 1.48 bits per heavy atom. The van der Waals surface area contributed by atoms with Gasteiger partial charge in [-0.2, -0.15) is 4.39 Å². The zero-order valence-corrected chi connectivity index (χ0v) is 11.4. The van der Waals surface area contributed by atoms with Crippen molar-refractivity contribution >= 4 is 11.6 Å². The molecule has 6 nitrogen and oxygen atoms in total. The van der Waals surface area contributed by atoms with Crippen molar-refractivity contribution in [3.8, 4) is 0 Å². The van der Waals surface area contributed by atoms with Crippen LogP contribution < -0.4 is 5.32 Å². The number of carbonyl (C=O) groups excluding carboxylic acids is 1. The molecule has 0 spiro atoms. The minimum absolute atomic E-state index is 0.167. The normalized spacial score (nSPS) is 18.7. The van der Waals surface area contributed by atoms with Crippen LogP contribution in [0.3, 0.4) is 0 Å². The Morgan fingerprint density at radius 2 is 2.19 bits per heavy atom. The molecular formula is C13H15F2N3O3. The summed E-state index contributed by atoms with van der Waals surface area (Å²) in [7, 11) is 1.93. The molecule has 1 aliphatic rings. The highest BCUT2D eigenvalue weighted by Crippen LogP contribution is 2.21. The van der Waals surface area contributed by atoms with E-state index in [9.17, 15) is 23.7 Å². The number of halogens is 2. The van der Waals surface area contributed by atoms with E-state index in [1.807, 2.05) is 7.05 Å². The van der Waals surface area contributed by atoms with Gasteiger partial charge in [-0.1, -0.05) is 0 Å². The fraction of sp³-hybridized carbons (Fsp3) is 0.462. The van der Waals surface area contributed by atoms with Gasteiger partial charge in [0.25, 0.3) is 5.91 Å². The van der Waals surface area contributed by atoms with Crippen molar-refractivity contribution < 1.29 is 18.5 Å². The lowest BCUT2D eigenvalue weighted by molar-refractivity contribution is -0.387. The van der Waals surface area contributed by atoms with E-state index in [-0.39, 0.29) is 6.04 Å². The molecule has 1 unspecified atom stereocenters. The molecule has 0 radical (unpaired) electrons. The van der Waals surface area contributed by atoms with Crippen LogP contribution in [-0.4, -0.2) is 41.9 Å². The highest BCUT2D eigenvalue weighted by Gasteiger charge is 2.24. The molecule has 1 N–H and O–H groups in total. The summed E-state index contributed by atoms with van der Waals surface area (Å²) in [6.45, 7) is 1.26. The number of nitrogens with one attached hydrogen (secondary N) is 1. The van der Waals surface area contributed by atoms with Crippen molar-refractivity contribution in [2.75, 3.05) is 20.1 Å². The van der Waals surface area contributed by atoms with Crippen LogP contribution in [0.4, 0.5) is 14.5 Å². The van der Waals surface area contributed by atoms with E-state index < -0.39 is 33.7 Å². The van der Waals surface area contributed by atoms with Crippen LogP contribution in [0.1, 0.15) is 23.2 Å². The number of amides is 1. The lowest BCUT2D eigenvalue weighted by Gasteiger charge is -2.19. The van der Waals surface area contributed by atoms with E-state index in [1.165, 1.54) is 0 Å². The first-order valence-electron chi connectivity index (χ1n) is 6.52. The Balaban J connectivity index is 2.09. The van der Waals surface area contributed by atoms with Gasteiger partial charge in [0, 0.05) is 12.6 Å². The average Bonchev–Trinajstić information content (AvgIpc) is 2.83.